The zero-order valence-electron chi connectivity index (χ0n) is 13.9. The third-order valence-corrected chi connectivity index (χ3v) is 5.48. The fourth-order valence-electron chi connectivity index (χ4n) is 2.53. The van der Waals surface area contributed by atoms with Gasteiger partial charge in [0.2, 0.25) is 5.91 Å². The Balaban J connectivity index is 1.89. The van der Waals surface area contributed by atoms with Crippen LogP contribution in [0.25, 0.3) is 5.69 Å². The predicted molar refractivity (Wildman–Crippen MR) is 96.5 cm³/mol. The molecule has 0 fully saturated rings. The molecular formula is C18H18N4O3S. The van der Waals surface area contributed by atoms with Crippen LogP contribution in [-0.2, 0) is 27.5 Å². The summed E-state index contributed by atoms with van der Waals surface area (Å²) in [6, 6.07) is 17.5. The van der Waals surface area contributed by atoms with Crippen LogP contribution in [0.3, 0.4) is 0 Å². The van der Waals surface area contributed by atoms with Gasteiger partial charge in [0, 0.05) is 6.42 Å². The van der Waals surface area contributed by atoms with E-state index in [0.717, 1.165) is 5.69 Å². The van der Waals surface area contributed by atoms with Gasteiger partial charge in [0.15, 0.2) is 15.7 Å². The molecule has 1 amide bonds. The lowest BCUT2D eigenvalue weighted by Gasteiger charge is -2.07. The summed E-state index contributed by atoms with van der Waals surface area (Å²) in [7, 11) is -3.44. The van der Waals surface area contributed by atoms with Gasteiger partial charge >= 0.3 is 0 Å². The summed E-state index contributed by atoms with van der Waals surface area (Å²) < 4.78 is 26.6. The third kappa shape index (κ3) is 4.15. The number of nitrogens with two attached hydrogens (primary N) is 1. The lowest BCUT2D eigenvalue weighted by molar-refractivity contribution is -0.117. The summed E-state index contributed by atoms with van der Waals surface area (Å²) in [6.07, 6.45) is 0.0656. The van der Waals surface area contributed by atoms with E-state index in [9.17, 15) is 13.2 Å². The molecule has 7 nitrogen and oxygen atoms in total. The second-order valence-corrected chi connectivity index (χ2v) is 7.83. The number of aryl methyl sites for hydroxylation is 1. The first-order valence-corrected chi connectivity index (χ1v) is 9.67. The number of primary amides is 1. The number of para-hydroxylation sites is 1. The second kappa shape index (κ2) is 7.49. The number of hydrogen-bond acceptors (Lipinski definition) is 5. The van der Waals surface area contributed by atoms with Crippen molar-refractivity contribution in [2.75, 3.05) is 5.75 Å². The van der Waals surface area contributed by atoms with Gasteiger partial charge in [0.05, 0.1) is 22.8 Å². The van der Waals surface area contributed by atoms with Gasteiger partial charge < -0.3 is 5.73 Å². The van der Waals surface area contributed by atoms with Crippen LogP contribution in [0.5, 0.6) is 0 Å². The predicted octanol–water partition coefficient (Wildman–Crippen LogP) is 1.31. The maximum atomic E-state index is 12.5. The number of nitrogens with zero attached hydrogens (tertiary/aromatic N) is 3. The van der Waals surface area contributed by atoms with Crippen LogP contribution in [-0.4, -0.2) is 34.8 Å². The van der Waals surface area contributed by atoms with E-state index in [0.29, 0.717) is 5.82 Å². The number of amides is 1. The highest BCUT2D eigenvalue weighted by molar-refractivity contribution is 7.91. The first-order valence-electron chi connectivity index (χ1n) is 8.02. The van der Waals surface area contributed by atoms with E-state index in [2.05, 4.69) is 10.1 Å². The number of hydrogen-bond donors (Lipinski definition) is 1. The minimum atomic E-state index is -3.44. The van der Waals surface area contributed by atoms with Crippen molar-refractivity contribution in [2.45, 2.75) is 17.7 Å². The van der Waals surface area contributed by atoms with Crippen molar-refractivity contribution in [2.24, 2.45) is 5.73 Å². The molecule has 0 aliphatic heterocycles. The zero-order chi connectivity index (χ0) is 18.6. The molecule has 0 bridgehead atoms. The molecule has 134 valence electrons. The van der Waals surface area contributed by atoms with Crippen LogP contribution in [0.15, 0.2) is 65.6 Å². The molecule has 1 heterocycles. The monoisotopic (exact) mass is 370 g/mol. The highest BCUT2D eigenvalue weighted by atomic mass is 32.2. The van der Waals surface area contributed by atoms with Gasteiger partial charge in [-0.05, 0) is 24.3 Å². The van der Waals surface area contributed by atoms with Crippen LogP contribution in [0, 0.1) is 0 Å². The minimum Gasteiger partial charge on any atom is -0.369 e. The quantitative estimate of drug-likeness (QED) is 0.675. The summed E-state index contributed by atoms with van der Waals surface area (Å²) in [5.41, 5.74) is 5.96. The molecule has 3 aromatic rings. The number of rotatable bonds is 7. The topological polar surface area (TPSA) is 108 Å². The van der Waals surface area contributed by atoms with Crippen molar-refractivity contribution in [3.8, 4) is 5.69 Å². The van der Waals surface area contributed by atoms with Crippen molar-refractivity contribution >= 4 is 15.7 Å². The number of aromatic nitrogens is 3. The molecule has 1 aromatic heterocycles. The van der Waals surface area contributed by atoms with Crippen LogP contribution in [0.1, 0.15) is 11.6 Å². The van der Waals surface area contributed by atoms with Crippen molar-refractivity contribution in [1.29, 1.82) is 0 Å². The molecule has 2 N–H and O–H groups in total. The fourth-order valence-corrected chi connectivity index (χ4v) is 3.79. The molecule has 0 saturated heterocycles. The highest BCUT2D eigenvalue weighted by Gasteiger charge is 2.18. The molecule has 0 aliphatic carbocycles. The number of carbonyl (C=O) groups is 1. The minimum absolute atomic E-state index is 0.0989. The molecule has 26 heavy (non-hydrogen) atoms. The maximum absolute atomic E-state index is 12.5. The summed E-state index contributed by atoms with van der Waals surface area (Å²) >= 11 is 0. The molecule has 0 unspecified atom stereocenters. The van der Waals surface area contributed by atoms with Crippen LogP contribution < -0.4 is 5.73 Å². The molecule has 0 spiro atoms. The highest BCUT2D eigenvalue weighted by Crippen LogP contribution is 2.15. The average molecular weight is 370 g/mol. The van der Waals surface area contributed by atoms with Gasteiger partial charge in [0.25, 0.3) is 0 Å². The summed E-state index contributed by atoms with van der Waals surface area (Å²) in [4.78, 5) is 15.7. The molecular weight excluding hydrogens is 352 g/mol. The van der Waals surface area contributed by atoms with Crippen molar-refractivity contribution in [1.82, 2.24) is 14.8 Å². The lowest BCUT2D eigenvalue weighted by atomic mass is 10.3. The molecule has 0 saturated carbocycles. The number of sulfone groups is 1. The number of benzene rings is 2. The average Bonchev–Trinajstić information content (AvgIpc) is 3.03. The Morgan fingerprint density at radius 2 is 1.62 bits per heavy atom. The van der Waals surface area contributed by atoms with E-state index < -0.39 is 15.7 Å². The molecule has 0 aliphatic rings. The van der Waals surface area contributed by atoms with Crippen molar-refractivity contribution in [3.63, 3.8) is 0 Å². The van der Waals surface area contributed by atoms with E-state index in [-0.39, 0.29) is 29.3 Å². The Bertz CT molecular complexity index is 999. The van der Waals surface area contributed by atoms with Crippen molar-refractivity contribution < 1.29 is 13.2 Å². The van der Waals surface area contributed by atoms with Gasteiger partial charge in [-0.1, -0.05) is 36.4 Å². The first kappa shape index (κ1) is 17.8. The summed E-state index contributed by atoms with van der Waals surface area (Å²) in [5.74, 6) is 0.0811. The van der Waals surface area contributed by atoms with E-state index in [1.807, 2.05) is 30.3 Å². The van der Waals surface area contributed by atoms with Gasteiger partial charge in [0.1, 0.15) is 5.82 Å². The van der Waals surface area contributed by atoms with Gasteiger partial charge in [-0.25, -0.2) is 18.1 Å². The largest absolute Gasteiger partial charge is 0.369 e. The standard InChI is InChI=1S/C18H18N4O3S/c19-16(23)13-17-20-18(22(21-17)14-7-3-1-4-8-14)11-12-26(24,25)15-9-5-2-6-10-15/h1-10H,11-13H2,(H2,19,23). The lowest BCUT2D eigenvalue weighted by Crippen LogP contribution is -2.14. The maximum Gasteiger partial charge on any atom is 0.225 e. The van der Waals surface area contributed by atoms with Gasteiger partial charge in [-0.15, -0.1) is 0 Å². The normalized spacial score (nSPS) is 11.4. The third-order valence-electron chi connectivity index (χ3n) is 3.75. The SMILES string of the molecule is NC(=O)Cc1nc(CCS(=O)(=O)c2ccccc2)n(-c2ccccc2)n1. The molecule has 2 aromatic carbocycles. The Hall–Kier alpha value is -3.00. The van der Waals surface area contributed by atoms with Crippen LogP contribution in [0.4, 0.5) is 0 Å². The van der Waals surface area contributed by atoms with Crippen LogP contribution in [0.2, 0.25) is 0 Å². The summed E-state index contributed by atoms with van der Waals surface area (Å²) in [5, 5.41) is 4.30. The van der Waals surface area contributed by atoms with E-state index in [4.69, 9.17) is 5.73 Å². The molecule has 8 heteroatoms. The van der Waals surface area contributed by atoms with E-state index in [1.54, 1.807) is 35.0 Å². The van der Waals surface area contributed by atoms with Crippen LogP contribution >= 0.6 is 0 Å². The Morgan fingerprint density at radius 3 is 2.23 bits per heavy atom. The second-order valence-electron chi connectivity index (χ2n) is 5.72. The smallest absolute Gasteiger partial charge is 0.225 e. The fraction of sp³-hybridized carbons (Fsp3) is 0.167. The Kier molecular flexibility index (Phi) is 5.13. The summed E-state index contributed by atoms with van der Waals surface area (Å²) in [6.45, 7) is 0. The first-order chi connectivity index (χ1) is 12.5. The zero-order valence-corrected chi connectivity index (χ0v) is 14.8. The van der Waals surface area contributed by atoms with Crippen molar-refractivity contribution in [3.05, 3.63) is 72.3 Å². The molecule has 0 radical (unpaired) electrons. The molecule has 3 rings (SSSR count). The molecule has 0 atom stereocenters. The van der Waals surface area contributed by atoms with Gasteiger partial charge in [-0.3, -0.25) is 4.79 Å². The van der Waals surface area contributed by atoms with Gasteiger partial charge in [-0.2, -0.15) is 5.10 Å². The Labute approximate surface area is 151 Å². The Morgan fingerprint density at radius 1 is 1.00 bits per heavy atom. The van der Waals surface area contributed by atoms with E-state index in [1.165, 1.54) is 0 Å². The number of carbonyl (C=O) groups excluding carboxylic acids is 1. The van der Waals surface area contributed by atoms with E-state index >= 15 is 0 Å².